The molecule has 7 heteroatoms. The normalized spacial score (nSPS) is 15.8. The first-order chi connectivity index (χ1) is 15.1. The van der Waals surface area contributed by atoms with Gasteiger partial charge in [-0.25, -0.2) is 0 Å². The number of likely N-dealkylation sites (tertiary alicyclic amines) is 1. The molecule has 3 rings (SSSR count). The highest BCUT2D eigenvalue weighted by atomic mass is 127. The van der Waals surface area contributed by atoms with E-state index in [1.165, 1.54) is 5.56 Å². The molecular weight excluding hydrogens is 515 g/mol. The van der Waals surface area contributed by atoms with Crippen LogP contribution >= 0.6 is 24.0 Å². The summed E-state index contributed by atoms with van der Waals surface area (Å²) in [6, 6.07) is 18.4. The smallest absolute Gasteiger partial charge is 0.224 e. The third kappa shape index (κ3) is 7.39. The van der Waals surface area contributed by atoms with E-state index in [1.54, 1.807) is 12.0 Å². The van der Waals surface area contributed by atoms with Crippen molar-refractivity contribution >= 4 is 35.8 Å². The zero-order chi connectivity index (χ0) is 22.1. The number of hydrogen-bond acceptors (Lipinski definition) is 3. The lowest BCUT2D eigenvalue weighted by molar-refractivity contribution is -0.130. The number of hydrogen-bond donors (Lipinski definition) is 1. The molecular formula is C25H35IN4O2. The van der Waals surface area contributed by atoms with Gasteiger partial charge in [-0.15, -0.1) is 24.0 Å². The fraction of sp³-hybridized carbons (Fsp3) is 0.440. The number of methoxy groups -OCH3 is 1. The third-order valence-corrected chi connectivity index (χ3v) is 5.69. The van der Waals surface area contributed by atoms with Crippen LogP contribution in [0.25, 0.3) is 0 Å². The summed E-state index contributed by atoms with van der Waals surface area (Å²) in [5, 5.41) is 3.39. The standard InChI is InChI=1S/C25H34N4O2.HI/c1-4-26-25(27-16-14-24(30)28(2)18-20-8-6-5-7-9-20)29-17-15-22(19-29)21-10-12-23(31-3)13-11-21;/h5-13,22H,4,14-19H2,1-3H3,(H,26,27);1H. The number of carbonyl (C=O) groups excluding carboxylic acids is 1. The van der Waals surface area contributed by atoms with Crippen molar-refractivity contribution in [1.82, 2.24) is 15.1 Å². The molecule has 1 N–H and O–H groups in total. The summed E-state index contributed by atoms with van der Waals surface area (Å²) in [5.74, 6) is 2.38. The highest BCUT2D eigenvalue weighted by Gasteiger charge is 2.26. The van der Waals surface area contributed by atoms with E-state index >= 15 is 0 Å². The van der Waals surface area contributed by atoms with Crippen molar-refractivity contribution < 1.29 is 9.53 Å². The summed E-state index contributed by atoms with van der Waals surface area (Å²) in [5.41, 5.74) is 2.47. The maximum atomic E-state index is 12.5. The molecule has 1 unspecified atom stereocenters. The first kappa shape index (κ1) is 26.0. The summed E-state index contributed by atoms with van der Waals surface area (Å²) < 4.78 is 5.27. The molecule has 0 aromatic heterocycles. The van der Waals surface area contributed by atoms with E-state index in [9.17, 15) is 4.79 Å². The van der Waals surface area contributed by atoms with Crippen molar-refractivity contribution in [3.05, 3.63) is 65.7 Å². The molecule has 6 nitrogen and oxygen atoms in total. The number of rotatable bonds is 8. The fourth-order valence-electron chi connectivity index (χ4n) is 3.92. The van der Waals surface area contributed by atoms with Crippen LogP contribution in [0.5, 0.6) is 5.75 Å². The number of aliphatic imine (C=N–C) groups is 1. The average Bonchev–Trinajstić information content (AvgIpc) is 3.29. The van der Waals surface area contributed by atoms with Crippen molar-refractivity contribution in [3.63, 3.8) is 0 Å². The zero-order valence-corrected chi connectivity index (χ0v) is 21.6. The Hall–Kier alpha value is -2.29. The van der Waals surface area contributed by atoms with E-state index in [-0.39, 0.29) is 29.9 Å². The molecule has 174 valence electrons. The Labute approximate surface area is 209 Å². The molecule has 0 radical (unpaired) electrons. The van der Waals surface area contributed by atoms with E-state index in [4.69, 9.17) is 9.73 Å². The molecule has 1 amide bonds. The number of carbonyl (C=O) groups is 1. The topological polar surface area (TPSA) is 57.2 Å². The van der Waals surface area contributed by atoms with Gasteiger partial charge in [0, 0.05) is 45.6 Å². The summed E-state index contributed by atoms with van der Waals surface area (Å²) in [7, 11) is 3.54. The Morgan fingerprint density at radius 1 is 1.19 bits per heavy atom. The lowest BCUT2D eigenvalue weighted by Gasteiger charge is -2.22. The SMILES string of the molecule is CCNC(=NCCC(=O)N(C)Cc1ccccc1)N1CCC(c2ccc(OC)cc2)C1.I. The Balaban J connectivity index is 0.00000363. The molecule has 1 aliphatic heterocycles. The van der Waals surface area contributed by atoms with Crippen LogP contribution in [0.15, 0.2) is 59.6 Å². The first-order valence-corrected chi connectivity index (χ1v) is 11.1. The van der Waals surface area contributed by atoms with Crippen molar-refractivity contribution in [3.8, 4) is 5.75 Å². The Bertz CT molecular complexity index is 858. The second-order valence-corrected chi connectivity index (χ2v) is 7.93. The molecule has 32 heavy (non-hydrogen) atoms. The Morgan fingerprint density at radius 2 is 1.91 bits per heavy atom. The van der Waals surface area contributed by atoms with Crippen LogP contribution in [-0.2, 0) is 11.3 Å². The fourth-order valence-corrected chi connectivity index (χ4v) is 3.92. The monoisotopic (exact) mass is 550 g/mol. The maximum absolute atomic E-state index is 12.5. The predicted octanol–water partition coefficient (Wildman–Crippen LogP) is 4.12. The van der Waals surface area contributed by atoms with E-state index in [1.807, 2.05) is 49.5 Å². The van der Waals surface area contributed by atoms with Gasteiger partial charge in [0.05, 0.1) is 13.7 Å². The molecule has 2 aromatic rings. The van der Waals surface area contributed by atoms with Crippen molar-refractivity contribution in [2.24, 2.45) is 4.99 Å². The second kappa shape index (κ2) is 13.3. The van der Waals surface area contributed by atoms with Gasteiger partial charge < -0.3 is 19.9 Å². The maximum Gasteiger partial charge on any atom is 0.224 e. The van der Waals surface area contributed by atoms with Crippen molar-refractivity contribution in [1.29, 1.82) is 0 Å². The second-order valence-electron chi connectivity index (χ2n) is 7.93. The van der Waals surface area contributed by atoms with Crippen molar-refractivity contribution in [2.75, 3.05) is 40.3 Å². The van der Waals surface area contributed by atoms with Gasteiger partial charge >= 0.3 is 0 Å². The Morgan fingerprint density at radius 3 is 2.56 bits per heavy atom. The third-order valence-electron chi connectivity index (χ3n) is 5.69. The van der Waals surface area contributed by atoms with Crippen LogP contribution < -0.4 is 10.1 Å². The molecule has 1 atom stereocenters. The minimum Gasteiger partial charge on any atom is -0.497 e. The number of benzene rings is 2. The molecule has 0 saturated carbocycles. The highest BCUT2D eigenvalue weighted by molar-refractivity contribution is 14.0. The lowest BCUT2D eigenvalue weighted by Crippen LogP contribution is -2.40. The number of halogens is 1. The molecule has 1 heterocycles. The molecule has 0 spiro atoms. The van der Waals surface area contributed by atoms with Gasteiger partial charge in [0.1, 0.15) is 5.75 Å². The zero-order valence-electron chi connectivity index (χ0n) is 19.3. The summed E-state index contributed by atoms with van der Waals surface area (Å²) >= 11 is 0. The van der Waals surface area contributed by atoms with Crippen LogP contribution in [0.4, 0.5) is 0 Å². The van der Waals surface area contributed by atoms with E-state index in [0.29, 0.717) is 25.4 Å². The summed E-state index contributed by atoms with van der Waals surface area (Å²) in [6.07, 6.45) is 1.50. The number of amides is 1. The molecule has 2 aromatic carbocycles. The van der Waals surface area contributed by atoms with Crippen LogP contribution in [0.3, 0.4) is 0 Å². The summed E-state index contributed by atoms with van der Waals surface area (Å²) in [6.45, 7) is 5.89. The number of guanidine groups is 1. The van der Waals surface area contributed by atoms with Gasteiger partial charge in [-0.05, 0) is 36.6 Å². The van der Waals surface area contributed by atoms with Crippen LogP contribution in [0.1, 0.15) is 36.8 Å². The number of ether oxygens (including phenoxy) is 1. The average molecular weight is 550 g/mol. The van der Waals surface area contributed by atoms with Gasteiger partial charge in [0.15, 0.2) is 5.96 Å². The van der Waals surface area contributed by atoms with Crippen LogP contribution in [-0.4, -0.2) is 62.0 Å². The van der Waals surface area contributed by atoms with Gasteiger partial charge in [0.25, 0.3) is 0 Å². The molecule has 0 aliphatic carbocycles. The number of nitrogens with zero attached hydrogens (tertiary/aromatic N) is 3. The van der Waals surface area contributed by atoms with E-state index < -0.39 is 0 Å². The van der Waals surface area contributed by atoms with Gasteiger partial charge in [-0.3, -0.25) is 9.79 Å². The largest absolute Gasteiger partial charge is 0.497 e. The molecule has 1 aliphatic rings. The molecule has 1 fully saturated rings. The van der Waals surface area contributed by atoms with E-state index in [2.05, 4.69) is 29.3 Å². The quantitative estimate of drug-likeness (QED) is 0.306. The summed E-state index contributed by atoms with van der Waals surface area (Å²) in [4.78, 5) is 21.3. The Kier molecular flexibility index (Phi) is 10.8. The minimum atomic E-state index is 0. The lowest BCUT2D eigenvalue weighted by atomic mass is 9.98. The van der Waals surface area contributed by atoms with Crippen LogP contribution in [0, 0.1) is 0 Å². The first-order valence-electron chi connectivity index (χ1n) is 11.1. The minimum absolute atomic E-state index is 0. The van der Waals surface area contributed by atoms with Gasteiger partial charge in [-0.2, -0.15) is 0 Å². The van der Waals surface area contributed by atoms with Gasteiger partial charge in [0.2, 0.25) is 5.91 Å². The van der Waals surface area contributed by atoms with Crippen molar-refractivity contribution in [2.45, 2.75) is 32.2 Å². The highest BCUT2D eigenvalue weighted by Crippen LogP contribution is 2.28. The molecule has 1 saturated heterocycles. The van der Waals surface area contributed by atoms with Gasteiger partial charge in [-0.1, -0.05) is 42.5 Å². The molecule has 0 bridgehead atoms. The predicted molar refractivity (Wildman–Crippen MR) is 141 cm³/mol. The van der Waals surface area contributed by atoms with Crippen LogP contribution in [0.2, 0.25) is 0 Å². The van der Waals surface area contributed by atoms with E-state index in [0.717, 1.165) is 43.3 Å². The number of nitrogens with one attached hydrogen (secondary N) is 1.